The molecule has 0 bridgehead atoms. The highest BCUT2D eigenvalue weighted by atomic mass is 16.5. The van der Waals surface area contributed by atoms with Crippen LogP contribution in [0.1, 0.15) is 37.2 Å². The Balaban J connectivity index is 1.96. The van der Waals surface area contributed by atoms with Crippen molar-refractivity contribution in [2.75, 3.05) is 13.2 Å². The van der Waals surface area contributed by atoms with Crippen LogP contribution in [0, 0.1) is 11.8 Å². The second kappa shape index (κ2) is 5.98. The summed E-state index contributed by atoms with van der Waals surface area (Å²) in [7, 11) is 0. The zero-order valence-electron chi connectivity index (χ0n) is 12.7. The number of carbonyl (C=O) groups excluding carboxylic acids is 1. The predicted octanol–water partition coefficient (Wildman–Crippen LogP) is 3.30. The van der Waals surface area contributed by atoms with Crippen molar-refractivity contribution in [3.8, 4) is 0 Å². The van der Waals surface area contributed by atoms with Gasteiger partial charge in [0.2, 0.25) is 0 Å². The predicted molar refractivity (Wildman–Crippen MR) is 82.4 cm³/mol. The number of aromatic nitrogens is 2. The number of Topliss-reactive ketones (excluding diaryl/α,β-unsaturated/α-hetero) is 1. The van der Waals surface area contributed by atoms with E-state index in [0.29, 0.717) is 11.6 Å². The van der Waals surface area contributed by atoms with Crippen molar-refractivity contribution in [2.45, 2.75) is 33.2 Å². The summed E-state index contributed by atoms with van der Waals surface area (Å²) in [4.78, 5) is 12.4. The highest BCUT2D eigenvalue weighted by molar-refractivity contribution is 6.06. The van der Waals surface area contributed by atoms with E-state index < -0.39 is 0 Å². The summed E-state index contributed by atoms with van der Waals surface area (Å²) in [6.45, 7) is 6.39. The van der Waals surface area contributed by atoms with Crippen molar-refractivity contribution < 1.29 is 9.53 Å². The Kier molecular flexibility index (Phi) is 4.06. The maximum atomic E-state index is 12.4. The number of ketones is 1. The molecule has 21 heavy (non-hydrogen) atoms. The quantitative estimate of drug-likeness (QED) is 0.810. The van der Waals surface area contributed by atoms with Gasteiger partial charge in [0.1, 0.15) is 5.69 Å². The Hall–Kier alpha value is -1.68. The zero-order chi connectivity index (χ0) is 14.8. The lowest BCUT2D eigenvalue weighted by Crippen LogP contribution is -2.21. The van der Waals surface area contributed by atoms with Crippen LogP contribution in [0.4, 0.5) is 0 Å². The van der Waals surface area contributed by atoms with Crippen LogP contribution >= 0.6 is 0 Å². The standard InChI is InChI=1S/C17H22N2O2/c1-12(2)17(20)16-14-5-3-4-6-15(14)19(18-16)11-13-7-9-21-10-8-13/h3-6,12-13H,7-11H2,1-2H3. The van der Waals surface area contributed by atoms with Crippen LogP contribution in [0.2, 0.25) is 0 Å². The fraction of sp³-hybridized carbons (Fsp3) is 0.529. The first-order valence-corrected chi connectivity index (χ1v) is 7.74. The maximum Gasteiger partial charge on any atom is 0.186 e. The summed E-state index contributed by atoms with van der Waals surface area (Å²) in [5.41, 5.74) is 1.68. The van der Waals surface area contributed by atoms with Crippen molar-refractivity contribution in [3.63, 3.8) is 0 Å². The number of benzene rings is 1. The molecule has 1 fully saturated rings. The second-order valence-corrected chi connectivity index (χ2v) is 6.12. The number of hydrogen-bond acceptors (Lipinski definition) is 3. The van der Waals surface area contributed by atoms with E-state index in [1.165, 1.54) is 0 Å². The molecular formula is C17H22N2O2. The van der Waals surface area contributed by atoms with Crippen LogP contribution in [0.25, 0.3) is 10.9 Å². The third-order valence-electron chi connectivity index (χ3n) is 4.19. The number of para-hydroxylation sites is 1. The summed E-state index contributed by atoms with van der Waals surface area (Å²) in [5.74, 6) is 0.681. The van der Waals surface area contributed by atoms with Crippen molar-refractivity contribution >= 4 is 16.7 Å². The monoisotopic (exact) mass is 286 g/mol. The molecule has 0 N–H and O–H groups in total. The number of ether oxygens (including phenoxy) is 1. The van der Waals surface area contributed by atoms with E-state index in [0.717, 1.165) is 43.5 Å². The second-order valence-electron chi connectivity index (χ2n) is 6.12. The minimum Gasteiger partial charge on any atom is -0.381 e. The average Bonchev–Trinajstić information content (AvgIpc) is 2.86. The molecule has 4 heteroatoms. The number of nitrogens with zero attached hydrogens (tertiary/aromatic N) is 2. The highest BCUT2D eigenvalue weighted by Gasteiger charge is 2.21. The van der Waals surface area contributed by atoms with Gasteiger partial charge in [0.05, 0.1) is 5.52 Å². The van der Waals surface area contributed by atoms with Gasteiger partial charge in [-0.05, 0) is 24.8 Å². The molecule has 1 saturated heterocycles. The van der Waals surface area contributed by atoms with Crippen LogP contribution in [-0.4, -0.2) is 28.8 Å². The third-order valence-corrected chi connectivity index (χ3v) is 4.19. The summed E-state index contributed by atoms with van der Waals surface area (Å²) >= 11 is 0. The lowest BCUT2D eigenvalue weighted by molar-refractivity contribution is 0.0604. The molecule has 3 rings (SSSR count). The Labute approximate surface area is 125 Å². The van der Waals surface area contributed by atoms with E-state index in [2.05, 4.69) is 11.2 Å². The van der Waals surface area contributed by atoms with E-state index in [4.69, 9.17) is 4.74 Å². The number of carbonyl (C=O) groups is 1. The van der Waals surface area contributed by atoms with Crippen LogP contribution < -0.4 is 0 Å². The fourth-order valence-electron chi connectivity index (χ4n) is 2.90. The number of fused-ring (bicyclic) bond motifs is 1. The van der Waals surface area contributed by atoms with E-state index in [9.17, 15) is 4.79 Å². The Morgan fingerprint density at radius 2 is 2.05 bits per heavy atom. The summed E-state index contributed by atoms with van der Waals surface area (Å²) in [5, 5.41) is 5.61. The average molecular weight is 286 g/mol. The van der Waals surface area contributed by atoms with Gasteiger partial charge in [-0.2, -0.15) is 5.10 Å². The molecule has 4 nitrogen and oxygen atoms in total. The van der Waals surface area contributed by atoms with E-state index >= 15 is 0 Å². The van der Waals surface area contributed by atoms with Gasteiger partial charge in [0, 0.05) is 31.1 Å². The molecule has 0 aliphatic carbocycles. The van der Waals surface area contributed by atoms with Gasteiger partial charge >= 0.3 is 0 Å². The highest BCUT2D eigenvalue weighted by Crippen LogP contribution is 2.24. The van der Waals surface area contributed by atoms with Crippen molar-refractivity contribution in [2.24, 2.45) is 11.8 Å². The van der Waals surface area contributed by atoms with Crippen molar-refractivity contribution in [1.29, 1.82) is 0 Å². The molecule has 0 spiro atoms. The van der Waals surface area contributed by atoms with Gasteiger partial charge in [-0.15, -0.1) is 0 Å². The normalized spacial score (nSPS) is 16.7. The van der Waals surface area contributed by atoms with Crippen LogP contribution in [0.15, 0.2) is 24.3 Å². The molecule has 1 aliphatic heterocycles. The van der Waals surface area contributed by atoms with Crippen molar-refractivity contribution in [3.05, 3.63) is 30.0 Å². The maximum absolute atomic E-state index is 12.4. The van der Waals surface area contributed by atoms with Crippen LogP contribution in [-0.2, 0) is 11.3 Å². The molecule has 0 atom stereocenters. The van der Waals surface area contributed by atoms with Crippen LogP contribution in [0.3, 0.4) is 0 Å². The minimum absolute atomic E-state index is 0.0279. The fourth-order valence-corrected chi connectivity index (χ4v) is 2.90. The summed E-state index contributed by atoms with van der Waals surface area (Å²) in [6.07, 6.45) is 2.14. The first-order valence-electron chi connectivity index (χ1n) is 7.74. The SMILES string of the molecule is CC(C)C(=O)c1nn(CC2CCOCC2)c2ccccc12. The summed E-state index contributed by atoms with van der Waals surface area (Å²) in [6, 6.07) is 8.03. The lowest BCUT2D eigenvalue weighted by Gasteiger charge is -2.22. The van der Waals surface area contributed by atoms with Gasteiger partial charge in [0.15, 0.2) is 5.78 Å². The third kappa shape index (κ3) is 2.86. The molecule has 2 heterocycles. The molecule has 112 valence electrons. The topological polar surface area (TPSA) is 44.1 Å². The molecule has 2 aromatic rings. The van der Waals surface area contributed by atoms with E-state index in [1.54, 1.807) is 0 Å². The smallest absolute Gasteiger partial charge is 0.186 e. The van der Waals surface area contributed by atoms with E-state index in [1.807, 2.05) is 36.7 Å². The van der Waals surface area contributed by atoms with Gasteiger partial charge in [0.25, 0.3) is 0 Å². The largest absolute Gasteiger partial charge is 0.381 e. The van der Waals surface area contributed by atoms with Crippen molar-refractivity contribution in [1.82, 2.24) is 9.78 Å². The van der Waals surface area contributed by atoms with Gasteiger partial charge in [-0.25, -0.2) is 0 Å². The number of hydrogen-bond donors (Lipinski definition) is 0. The van der Waals surface area contributed by atoms with Crippen LogP contribution in [0.5, 0.6) is 0 Å². The Morgan fingerprint density at radius 1 is 1.33 bits per heavy atom. The molecule has 0 unspecified atom stereocenters. The summed E-state index contributed by atoms with van der Waals surface area (Å²) < 4.78 is 7.43. The molecule has 0 radical (unpaired) electrons. The lowest BCUT2D eigenvalue weighted by atomic mass is 10.0. The van der Waals surface area contributed by atoms with Gasteiger partial charge < -0.3 is 4.74 Å². The molecule has 0 saturated carbocycles. The first-order chi connectivity index (χ1) is 10.2. The molecule has 1 aromatic heterocycles. The minimum atomic E-state index is -0.0279. The van der Waals surface area contributed by atoms with Gasteiger partial charge in [-0.1, -0.05) is 32.0 Å². The Bertz CT molecular complexity index is 639. The molecule has 0 amide bonds. The molecular weight excluding hydrogens is 264 g/mol. The number of rotatable bonds is 4. The van der Waals surface area contributed by atoms with E-state index in [-0.39, 0.29) is 11.7 Å². The molecule has 1 aliphatic rings. The first kappa shape index (κ1) is 14.3. The molecule has 1 aromatic carbocycles. The van der Waals surface area contributed by atoms with Gasteiger partial charge in [-0.3, -0.25) is 9.48 Å². The Morgan fingerprint density at radius 3 is 2.76 bits per heavy atom. The zero-order valence-corrected chi connectivity index (χ0v) is 12.7.